The predicted octanol–water partition coefficient (Wildman–Crippen LogP) is 3.32. The van der Waals surface area contributed by atoms with Crippen molar-refractivity contribution in [1.82, 2.24) is 0 Å². The Hall–Kier alpha value is -0.380. The summed E-state index contributed by atoms with van der Waals surface area (Å²) in [5, 5.41) is 0.509. The Balaban J connectivity index is 2.27. The molecule has 1 aliphatic heterocycles. The third-order valence-corrected chi connectivity index (χ3v) is 3.32. The second-order valence-electron chi connectivity index (χ2n) is 3.55. The molecular weight excluding hydrogens is 279 g/mol. The molecule has 0 bridgehead atoms. The molecule has 1 aromatic carbocycles. The van der Waals surface area contributed by atoms with Gasteiger partial charge in [0.2, 0.25) is 0 Å². The molecule has 15 heavy (non-hydrogen) atoms. The van der Waals surface area contributed by atoms with Crippen molar-refractivity contribution in [2.75, 3.05) is 13.2 Å². The molecule has 1 aromatic rings. The number of benzene rings is 1. The van der Waals surface area contributed by atoms with Crippen LogP contribution >= 0.6 is 27.5 Å². The molecule has 2 rings (SSSR count). The minimum absolute atomic E-state index is 0.0307. The van der Waals surface area contributed by atoms with E-state index in [0.717, 1.165) is 10.9 Å². The Kier molecular flexibility index (Phi) is 3.44. The average molecular weight is 290 g/mol. The van der Waals surface area contributed by atoms with E-state index in [2.05, 4.69) is 15.9 Å². The van der Waals surface area contributed by atoms with E-state index < -0.39 is 0 Å². The van der Waals surface area contributed by atoms with Crippen molar-refractivity contribution in [2.24, 2.45) is 5.92 Å². The van der Waals surface area contributed by atoms with Crippen LogP contribution in [-0.2, 0) is 4.74 Å². The highest BCUT2D eigenvalue weighted by molar-refractivity contribution is 9.10. The van der Waals surface area contributed by atoms with Gasteiger partial charge in [-0.2, -0.15) is 0 Å². The fraction of sp³-hybridized carbons (Fsp3) is 0.364. The van der Waals surface area contributed by atoms with E-state index >= 15 is 0 Å². The molecule has 0 aliphatic carbocycles. The van der Waals surface area contributed by atoms with Crippen LogP contribution in [0.3, 0.4) is 0 Å². The molecule has 1 unspecified atom stereocenters. The second-order valence-corrected chi connectivity index (χ2v) is 4.87. The highest BCUT2D eigenvalue weighted by Gasteiger charge is 2.26. The molecule has 4 heteroatoms. The first kappa shape index (κ1) is 11.1. The molecule has 1 aliphatic rings. The van der Waals surface area contributed by atoms with Crippen LogP contribution in [0.25, 0.3) is 0 Å². The highest BCUT2D eigenvalue weighted by Crippen LogP contribution is 2.26. The van der Waals surface area contributed by atoms with Gasteiger partial charge in [-0.1, -0.05) is 27.5 Å². The summed E-state index contributed by atoms with van der Waals surface area (Å²) in [7, 11) is 0. The topological polar surface area (TPSA) is 26.3 Å². The van der Waals surface area contributed by atoms with Gasteiger partial charge >= 0.3 is 0 Å². The number of hydrogen-bond acceptors (Lipinski definition) is 2. The Morgan fingerprint density at radius 3 is 3.00 bits per heavy atom. The van der Waals surface area contributed by atoms with Gasteiger partial charge in [-0.05, 0) is 24.6 Å². The number of Topliss-reactive ketones (excluding diaryl/α,β-unsaturated/α-hetero) is 1. The fourth-order valence-electron chi connectivity index (χ4n) is 1.65. The SMILES string of the molecule is O=C(c1cc(Br)ccc1Cl)C1CCOC1. The Morgan fingerprint density at radius 2 is 2.33 bits per heavy atom. The number of carbonyl (C=O) groups is 1. The lowest BCUT2D eigenvalue weighted by molar-refractivity contribution is 0.0900. The monoisotopic (exact) mass is 288 g/mol. The van der Waals surface area contributed by atoms with Gasteiger partial charge < -0.3 is 4.74 Å². The van der Waals surface area contributed by atoms with Gasteiger partial charge in [0, 0.05) is 22.6 Å². The molecule has 0 N–H and O–H groups in total. The Morgan fingerprint density at radius 1 is 1.53 bits per heavy atom. The fourth-order valence-corrected chi connectivity index (χ4v) is 2.22. The van der Waals surface area contributed by atoms with Crippen molar-refractivity contribution >= 4 is 33.3 Å². The molecule has 1 atom stereocenters. The van der Waals surface area contributed by atoms with Crippen LogP contribution < -0.4 is 0 Å². The molecule has 0 saturated carbocycles. The number of hydrogen-bond donors (Lipinski definition) is 0. The van der Waals surface area contributed by atoms with Crippen LogP contribution in [-0.4, -0.2) is 19.0 Å². The van der Waals surface area contributed by atoms with Crippen LogP contribution in [0.5, 0.6) is 0 Å². The van der Waals surface area contributed by atoms with E-state index in [1.807, 2.05) is 6.07 Å². The molecule has 1 heterocycles. The summed E-state index contributed by atoms with van der Waals surface area (Å²) in [4.78, 5) is 12.0. The molecule has 2 nitrogen and oxygen atoms in total. The van der Waals surface area contributed by atoms with Crippen LogP contribution in [0.4, 0.5) is 0 Å². The van der Waals surface area contributed by atoms with Gasteiger partial charge in [-0.25, -0.2) is 0 Å². The lowest BCUT2D eigenvalue weighted by atomic mass is 9.97. The number of halogens is 2. The Bertz CT molecular complexity index is 386. The minimum atomic E-state index is -0.0307. The van der Waals surface area contributed by atoms with E-state index in [9.17, 15) is 4.79 Å². The molecule has 0 spiro atoms. The highest BCUT2D eigenvalue weighted by atomic mass is 79.9. The van der Waals surface area contributed by atoms with Crippen molar-refractivity contribution < 1.29 is 9.53 Å². The van der Waals surface area contributed by atoms with Crippen molar-refractivity contribution in [2.45, 2.75) is 6.42 Å². The standard InChI is InChI=1S/C11H10BrClO2/c12-8-1-2-10(13)9(5-8)11(14)7-3-4-15-6-7/h1-2,5,7H,3-4,6H2. The van der Waals surface area contributed by atoms with E-state index in [0.29, 0.717) is 23.8 Å². The lowest BCUT2D eigenvalue weighted by Gasteiger charge is -2.08. The molecule has 1 saturated heterocycles. The van der Waals surface area contributed by atoms with Crippen LogP contribution in [0.15, 0.2) is 22.7 Å². The summed E-state index contributed by atoms with van der Waals surface area (Å²) >= 11 is 9.32. The maximum atomic E-state index is 12.0. The third-order valence-electron chi connectivity index (χ3n) is 2.49. The quantitative estimate of drug-likeness (QED) is 0.781. The summed E-state index contributed by atoms with van der Waals surface area (Å²) in [6.45, 7) is 1.18. The van der Waals surface area contributed by atoms with Crippen LogP contribution in [0.1, 0.15) is 16.8 Å². The first-order chi connectivity index (χ1) is 7.18. The second kappa shape index (κ2) is 4.64. The van der Waals surface area contributed by atoms with Gasteiger partial charge in [0.15, 0.2) is 5.78 Å². The smallest absolute Gasteiger partial charge is 0.169 e. The van der Waals surface area contributed by atoms with Gasteiger partial charge in [-0.3, -0.25) is 4.79 Å². The first-order valence-electron chi connectivity index (χ1n) is 4.75. The normalized spacial score (nSPS) is 20.5. The number of ketones is 1. The minimum Gasteiger partial charge on any atom is -0.381 e. The van der Waals surface area contributed by atoms with Crippen LogP contribution in [0, 0.1) is 5.92 Å². The zero-order valence-corrected chi connectivity index (χ0v) is 10.3. The van der Waals surface area contributed by atoms with Crippen molar-refractivity contribution in [3.05, 3.63) is 33.3 Å². The van der Waals surface area contributed by atoms with Crippen molar-refractivity contribution in [3.63, 3.8) is 0 Å². The predicted molar refractivity (Wildman–Crippen MR) is 62.4 cm³/mol. The van der Waals surface area contributed by atoms with E-state index in [1.165, 1.54) is 0 Å². The third kappa shape index (κ3) is 2.41. The summed E-state index contributed by atoms with van der Waals surface area (Å²) in [5.74, 6) is 0.0515. The number of carbonyl (C=O) groups excluding carboxylic acids is 1. The summed E-state index contributed by atoms with van der Waals surface area (Å²) < 4.78 is 6.06. The molecule has 0 amide bonds. The van der Waals surface area contributed by atoms with E-state index in [-0.39, 0.29) is 11.7 Å². The van der Waals surface area contributed by atoms with Crippen LogP contribution in [0.2, 0.25) is 5.02 Å². The average Bonchev–Trinajstić information content (AvgIpc) is 2.74. The molecular formula is C11H10BrClO2. The zero-order valence-electron chi connectivity index (χ0n) is 8.00. The number of rotatable bonds is 2. The lowest BCUT2D eigenvalue weighted by Crippen LogP contribution is -2.15. The molecule has 0 radical (unpaired) electrons. The van der Waals surface area contributed by atoms with Crippen molar-refractivity contribution in [1.29, 1.82) is 0 Å². The molecule has 0 aromatic heterocycles. The summed E-state index contributed by atoms with van der Waals surface area (Å²) in [6.07, 6.45) is 0.793. The van der Waals surface area contributed by atoms with E-state index in [4.69, 9.17) is 16.3 Å². The van der Waals surface area contributed by atoms with Gasteiger partial charge in [-0.15, -0.1) is 0 Å². The summed E-state index contributed by atoms with van der Waals surface area (Å²) in [5.41, 5.74) is 0.585. The number of ether oxygens (including phenoxy) is 1. The molecule has 1 fully saturated rings. The van der Waals surface area contributed by atoms with Crippen molar-refractivity contribution in [3.8, 4) is 0 Å². The maximum Gasteiger partial charge on any atom is 0.169 e. The maximum absolute atomic E-state index is 12.0. The Labute approximate surface area is 102 Å². The van der Waals surface area contributed by atoms with Gasteiger partial charge in [0.25, 0.3) is 0 Å². The van der Waals surface area contributed by atoms with Gasteiger partial charge in [0.1, 0.15) is 0 Å². The zero-order chi connectivity index (χ0) is 10.8. The molecule has 80 valence electrons. The largest absolute Gasteiger partial charge is 0.381 e. The summed E-state index contributed by atoms with van der Waals surface area (Å²) in [6, 6.07) is 5.32. The van der Waals surface area contributed by atoms with Gasteiger partial charge in [0.05, 0.1) is 11.6 Å². The van der Waals surface area contributed by atoms with E-state index in [1.54, 1.807) is 12.1 Å². The first-order valence-corrected chi connectivity index (χ1v) is 5.92.